The van der Waals surface area contributed by atoms with Gasteiger partial charge in [0.25, 0.3) is 0 Å². The maximum atomic E-state index is 5.54. The van der Waals surface area contributed by atoms with Gasteiger partial charge >= 0.3 is 0 Å². The molecule has 2 rings (SSSR count). The van der Waals surface area contributed by atoms with Crippen molar-refractivity contribution in [3.63, 3.8) is 0 Å². The standard InChI is InChI=1S/C14H21N3O/c1-4-13-11(8-10-18-13)14(15-5-2)12-7-9-16-17(12)6-3/h7-10,14-15H,4-6H2,1-3H3. The van der Waals surface area contributed by atoms with Gasteiger partial charge in [0.2, 0.25) is 0 Å². The summed E-state index contributed by atoms with van der Waals surface area (Å²) >= 11 is 0. The number of nitrogens with one attached hydrogen (secondary N) is 1. The summed E-state index contributed by atoms with van der Waals surface area (Å²) in [6.07, 6.45) is 4.53. The molecule has 1 atom stereocenters. The average molecular weight is 247 g/mol. The lowest BCUT2D eigenvalue weighted by Gasteiger charge is -2.19. The van der Waals surface area contributed by atoms with E-state index < -0.39 is 0 Å². The van der Waals surface area contributed by atoms with Crippen molar-refractivity contribution < 1.29 is 4.42 Å². The number of aromatic nitrogens is 2. The molecule has 0 aliphatic heterocycles. The predicted octanol–water partition coefficient (Wildman–Crippen LogP) is 2.76. The van der Waals surface area contributed by atoms with Crippen molar-refractivity contribution in [2.75, 3.05) is 6.54 Å². The van der Waals surface area contributed by atoms with Crippen molar-refractivity contribution in [3.8, 4) is 0 Å². The molecule has 1 N–H and O–H groups in total. The van der Waals surface area contributed by atoms with Crippen LogP contribution in [0.5, 0.6) is 0 Å². The third-order valence-corrected chi connectivity index (χ3v) is 3.16. The van der Waals surface area contributed by atoms with Crippen LogP contribution in [-0.2, 0) is 13.0 Å². The van der Waals surface area contributed by atoms with Crippen LogP contribution >= 0.6 is 0 Å². The minimum Gasteiger partial charge on any atom is -0.469 e. The molecule has 0 radical (unpaired) electrons. The van der Waals surface area contributed by atoms with Gasteiger partial charge in [-0.3, -0.25) is 4.68 Å². The van der Waals surface area contributed by atoms with Gasteiger partial charge in [-0.25, -0.2) is 0 Å². The Balaban J connectivity index is 2.40. The smallest absolute Gasteiger partial charge is 0.108 e. The summed E-state index contributed by atoms with van der Waals surface area (Å²) in [5.41, 5.74) is 2.41. The van der Waals surface area contributed by atoms with Gasteiger partial charge in [0, 0.05) is 24.7 Å². The van der Waals surface area contributed by atoms with E-state index in [-0.39, 0.29) is 6.04 Å². The fourth-order valence-corrected chi connectivity index (χ4v) is 2.33. The zero-order valence-electron chi connectivity index (χ0n) is 11.3. The highest BCUT2D eigenvalue weighted by Crippen LogP contribution is 2.26. The highest BCUT2D eigenvalue weighted by molar-refractivity contribution is 5.29. The van der Waals surface area contributed by atoms with E-state index in [1.54, 1.807) is 6.26 Å². The lowest BCUT2D eigenvalue weighted by Crippen LogP contribution is -2.25. The van der Waals surface area contributed by atoms with Gasteiger partial charge in [0.15, 0.2) is 0 Å². The summed E-state index contributed by atoms with van der Waals surface area (Å²) in [5, 5.41) is 7.87. The van der Waals surface area contributed by atoms with Crippen molar-refractivity contribution in [1.29, 1.82) is 0 Å². The fourth-order valence-electron chi connectivity index (χ4n) is 2.33. The number of rotatable bonds is 6. The van der Waals surface area contributed by atoms with Crippen LogP contribution in [0.3, 0.4) is 0 Å². The summed E-state index contributed by atoms with van der Waals surface area (Å²) in [7, 11) is 0. The van der Waals surface area contributed by atoms with Crippen LogP contribution in [0, 0.1) is 0 Å². The van der Waals surface area contributed by atoms with Crippen molar-refractivity contribution in [1.82, 2.24) is 15.1 Å². The first-order chi connectivity index (χ1) is 8.81. The Labute approximate surface area is 108 Å². The van der Waals surface area contributed by atoms with Gasteiger partial charge < -0.3 is 9.73 Å². The summed E-state index contributed by atoms with van der Waals surface area (Å²) in [5.74, 6) is 1.05. The Morgan fingerprint density at radius 1 is 1.33 bits per heavy atom. The molecule has 0 saturated carbocycles. The van der Waals surface area contributed by atoms with Crippen LogP contribution in [0.15, 0.2) is 29.0 Å². The molecule has 0 spiro atoms. The molecule has 1 unspecified atom stereocenters. The molecule has 0 fully saturated rings. The minimum atomic E-state index is 0.158. The monoisotopic (exact) mass is 247 g/mol. The minimum absolute atomic E-state index is 0.158. The number of aryl methyl sites for hydroxylation is 2. The van der Waals surface area contributed by atoms with E-state index in [0.717, 1.165) is 25.3 Å². The van der Waals surface area contributed by atoms with Crippen LogP contribution in [-0.4, -0.2) is 16.3 Å². The SMILES string of the molecule is CCNC(c1ccoc1CC)c1ccnn1CC. The van der Waals surface area contributed by atoms with E-state index in [9.17, 15) is 0 Å². The number of hydrogen-bond donors (Lipinski definition) is 1. The molecule has 0 saturated heterocycles. The largest absolute Gasteiger partial charge is 0.469 e. The molecule has 2 heterocycles. The van der Waals surface area contributed by atoms with Gasteiger partial charge in [0.1, 0.15) is 5.76 Å². The first kappa shape index (κ1) is 12.9. The molecule has 2 aromatic heterocycles. The van der Waals surface area contributed by atoms with Crippen LogP contribution in [0.4, 0.5) is 0 Å². The molecule has 0 aliphatic carbocycles. The Kier molecular flexibility index (Phi) is 4.20. The Bertz CT molecular complexity index is 444. The quantitative estimate of drug-likeness (QED) is 0.853. The van der Waals surface area contributed by atoms with E-state index in [0.29, 0.717) is 0 Å². The van der Waals surface area contributed by atoms with E-state index in [4.69, 9.17) is 4.42 Å². The second kappa shape index (κ2) is 5.87. The van der Waals surface area contributed by atoms with Crippen molar-refractivity contribution in [3.05, 3.63) is 41.6 Å². The van der Waals surface area contributed by atoms with E-state index in [1.807, 2.05) is 10.9 Å². The molecule has 0 aliphatic rings. The summed E-state index contributed by atoms with van der Waals surface area (Å²) in [6, 6.07) is 4.29. The maximum Gasteiger partial charge on any atom is 0.108 e. The fraction of sp³-hybridized carbons (Fsp3) is 0.500. The summed E-state index contributed by atoms with van der Waals surface area (Å²) in [4.78, 5) is 0. The highest BCUT2D eigenvalue weighted by Gasteiger charge is 2.21. The van der Waals surface area contributed by atoms with Crippen molar-refractivity contribution in [2.24, 2.45) is 0 Å². The van der Waals surface area contributed by atoms with Gasteiger partial charge in [0.05, 0.1) is 18.0 Å². The first-order valence-electron chi connectivity index (χ1n) is 6.63. The second-order valence-corrected chi connectivity index (χ2v) is 4.22. The lowest BCUT2D eigenvalue weighted by atomic mass is 10.0. The molecular formula is C14H21N3O. The van der Waals surface area contributed by atoms with E-state index in [1.165, 1.54) is 11.3 Å². The Hall–Kier alpha value is -1.55. The van der Waals surface area contributed by atoms with Crippen LogP contribution in [0.2, 0.25) is 0 Å². The topological polar surface area (TPSA) is 43.0 Å². The molecule has 0 aromatic carbocycles. The molecule has 0 amide bonds. The zero-order chi connectivity index (χ0) is 13.0. The number of furan rings is 1. The zero-order valence-corrected chi connectivity index (χ0v) is 11.3. The maximum absolute atomic E-state index is 5.54. The lowest BCUT2D eigenvalue weighted by molar-refractivity contribution is 0.492. The summed E-state index contributed by atoms with van der Waals surface area (Å²) in [6.45, 7) is 8.13. The molecule has 4 nitrogen and oxygen atoms in total. The van der Waals surface area contributed by atoms with Gasteiger partial charge in [-0.2, -0.15) is 5.10 Å². The Morgan fingerprint density at radius 2 is 2.17 bits per heavy atom. The van der Waals surface area contributed by atoms with Crippen LogP contribution in [0.1, 0.15) is 43.8 Å². The van der Waals surface area contributed by atoms with Crippen LogP contribution < -0.4 is 5.32 Å². The Morgan fingerprint density at radius 3 is 2.83 bits per heavy atom. The number of hydrogen-bond acceptors (Lipinski definition) is 3. The van der Waals surface area contributed by atoms with Gasteiger partial charge in [-0.1, -0.05) is 13.8 Å². The predicted molar refractivity (Wildman–Crippen MR) is 71.5 cm³/mol. The molecule has 18 heavy (non-hydrogen) atoms. The van der Waals surface area contributed by atoms with Gasteiger partial charge in [-0.05, 0) is 25.6 Å². The van der Waals surface area contributed by atoms with Crippen LogP contribution in [0.25, 0.3) is 0 Å². The highest BCUT2D eigenvalue weighted by atomic mass is 16.3. The van der Waals surface area contributed by atoms with E-state index in [2.05, 4.69) is 43.3 Å². The van der Waals surface area contributed by atoms with Gasteiger partial charge in [-0.15, -0.1) is 0 Å². The average Bonchev–Trinajstić information content (AvgIpc) is 3.04. The first-order valence-corrected chi connectivity index (χ1v) is 6.63. The molecular weight excluding hydrogens is 226 g/mol. The molecule has 98 valence electrons. The third kappa shape index (κ3) is 2.34. The molecule has 0 bridgehead atoms. The second-order valence-electron chi connectivity index (χ2n) is 4.22. The molecule has 4 heteroatoms. The third-order valence-electron chi connectivity index (χ3n) is 3.16. The molecule has 2 aromatic rings. The van der Waals surface area contributed by atoms with E-state index >= 15 is 0 Å². The number of nitrogens with zero attached hydrogens (tertiary/aromatic N) is 2. The van der Waals surface area contributed by atoms with Crippen molar-refractivity contribution in [2.45, 2.75) is 39.8 Å². The normalized spacial score (nSPS) is 12.8. The van der Waals surface area contributed by atoms with Crippen molar-refractivity contribution >= 4 is 0 Å². The summed E-state index contributed by atoms with van der Waals surface area (Å²) < 4.78 is 7.57.